The lowest BCUT2D eigenvalue weighted by Crippen LogP contribution is -2.19. The molecule has 0 unspecified atom stereocenters. The van der Waals surface area contributed by atoms with Gasteiger partial charge in [0.15, 0.2) is 0 Å². The van der Waals surface area contributed by atoms with Gasteiger partial charge >= 0.3 is 6.03 Å². The molecule has 0 aliphatic carbocycles. The molecule has 6 heteroatoms. The molecule has 2 N–H and O–H groups in total. The molecule has 2 amide bonds. The molecule has 19 heavy (non-hydrogen) atoms. The van der Waals surface area contributed by atoms with Gasteiger partial charge in [0.05, 0.1) is 0 Å². The molecular weight excluding hydrogens is 260 g/mol. The normalized spacial score (nSPS) is 10.3. The van der Waals surface area contributed by atoms with Crippen LogP contribution in [-0.2, 0) is 6.42 Å². The number of hydrogen-bond donors (Lipinski definition) is 2. The number of aryl methyl sites for hydroxylation is 3. The Balaban J connectivity index is 1.98. The van der Waals surface area contributed by atoms with Gasteiger partial charge in [-0.1, -0.05) is 24.3 Å². The molecule has 1 aromatic carbocycles. The van der Waals surface area contributed by atoms with E-state index in [1.54, 1.807) is 0 Å². The van der Waals surface area contributed by atoms with Gasteiger partial charge in [-0.15, -0.1) is 10.2 Å². The first-order valence-corrected chi connectivity index (χ1v) is 6.87. The predicted molar refractivity (Wildman–Crippen MR) is 77.8 cm³/mol. The molecule has 1 aromatic heterocycles. The maximum Gasteiger partial charge on any atom is 0.325 e. The van der Waals surface area contributed by atoms with Gasteiger partial charge in [0, 0.05) is 5.69 Å². The summed E-state index contributed by atoms with van der Waals surface area (Å²) in [5.41, 5.74) is 3.10. The van der Waals surface area contributed by atoms with Crippen molar-refractivity contribution in [3.05, 3.63) is 34.3 Å². The highest BCUT2D eigenvalue weighted by Crippen LogP contribution is 2.17. The number of benzene rings is 1. The summed E-state index contributed by atoms with van der Waals surface area (Å²) in [5, 5.41) is 14.7. The van der Waals surface area contributed by atoms with Crippen LogP contribution >= 0.6 is 11.3 Å². The van der Waals surface area contributed by atoms with Crippen LogP contribution in [0.3, 0.4) is 0 Å². The number of amides is 2. The van der Waals surface area contributed by atoms with Crippen LogP contribution in [0.25, 0.3) is 0 Å². The highest BCUT2D eigenvalue weighted by molar-refractivity contribution is 7.15. The first kappa shape index (κ1) is 13.5. The highest BCUT2D eigenvalue weighted by atomic mass is 32.1. The van der Waals surface area contributed by atoms with Gasteiger partial charge in [-0.3, -0.25) is 5.32 Å². The van der Waals surface area contributed by atoms with Crippen molar-refractivity contribution < 1.29 is 4.79 Å². The zero-order valence-corrected chi connectivity index (χ0v) is 12.0. The molecule has 0 atom stereocenters. The van der Waals surface area contributed by atoms with Crippen LogP contribution in [0.1, 0.15) is 23.1 Å². The molecule has 0 aliphatic rings. The van der Waals surface area contributed by atoms with E-state index in [2.05, 4.69) is 20.8 Å². The third-order valence-electron chi connectivity index (χ3n) is 2.75. The van der Waals surface area contributed by atoms with Crippen molar-refractivity contribution in [2.24, 2.45) is 0 Å². The quantitative estimate of drug-likeness (QED) is 0.903. The van der Waals surface area contributed by atoms with E-state index < -0.39 is 0 Å². The Morgan fingerprint density at radius 1 is 1.21 bits per heavy atom. The first-order valence-electron chi connectivity index (χ1n) is 6.06. The molecule has 2 rings (SSSR count). The second-order valence-electron chi connectivity index (χ2n) is 4.23. The Morgan fingerprint density at radius 2 is 2.00 bits per heavy atom. The Morgan fingerprint density at radius 3 is 2.63 bits per heavy atom. The van der Waals surface area contributed by atoms with Gasteiger partial charge in [-0.05, 0) is 43.5 Å². The highest BCUT2D eigenvalue weighted by Gasteiger charge is 2.07. The van der Waals surface area contributed by atoms with E-state index in [1.807, 2.05) is 39.0 Å². The van der Waals surface area contributed by atoms with Crippen molar-refractivity contribution in [2.75, 3.05) is 10.6 Å². The van der Waals surface area contributed by atoms with Gasteiger partial charge in [0.2, 0.25) is 5.13 Å². The van der Waals surface area contributed by atoms with Crippen molar-refractivity contribution in [2.45, 2.75) is 27.2 Å². The van der Waals surface area contributed by atoms with Gasteiger partial charge < -0.3 is 5.32 Å². The molecular formula is C13H16N4OS. The second kappa shape index (κ2) is 5.79. The van der Waals surface area contributed by atoms with E-state index in [9.17, 15) is 4.79 Å². The summed E-state index contributed by atoms with van der Waals surface area (Å²) in [4.78, 5) is 11.8. The molecule has 5 nitrogen and oxygen atoms in total. The third kappa shape index (κ3) is 3.51. The Bertz CT molecular complexity index is 594. The summed E-state index contributed by atoms with van der Waals surface area (Å²) in [6.07, 6.45) is 0.818. The molecule has 2 aromatic rings. The number of urea groups is 1. The van der Waals surface area contributed by atoms with Crippen molar-refractivity contribution in [1.82, 2.24) is 10.2 Å². The maximum absolute atomic E-state index is 11.8. The first-order chi connectivity index (χ1) is 9.08. The number of hydrogen-bond acceptors (Lipinski definition) is 4. The smallest absolute Gasteiger partial charge is 0.308 e. The van der Waals surface area contributed by atoms with E-state index in [0.29, 0.717) is 5.13 Å². The monoisotopic (exact) mass is 276 g/mol. The van der Waals surface area contributed by atoms with Gasteiger partial charge in [0.25, 0.3) is 0 Å². The summed E-state index contributed by atoms with van der Waals surface area (Å²) >= 11 is 1.38. The molecule has 0 aliphatic heterocycles. The molecule has 0 radical (unpaired) electrons. The SMILES string of the molecule is CCc1nnc(NC(=O)Nc2ccc(C)c(C)c2)s1. The van der Waals surface area contributed by atoms with E-state index >= 15 is 0 Å². The standard InChI is InChI=1S/C13H16N4OS/c1-4-11-16-17-13(19-11)15-12(18)14-10-6-5-8(2)9(3)7-10/h5-7H,4H2,1-3H3,(H2,14,15,17,18). The Kier molecular flexibility index (Phi) is 4.11. The number of carbonyl (C=O) groups is 1. The van der Waals surface area contributed by atoms with Crippen LogP contribution in [0.4, 0.5) is 15.6 Å². The van der Waals surface area contributed by atoms with Crippen LogP contribution in [0.2, 0.25) is 0 Å². The van der Waals surface area contributed by atoms with Gasteiger partial charge in [-0.25, -0.2) is 4.79 Å². The van der Waals surface area contributed by atoms with Crippen LogP contribution < -0.4 is 10.6 Å². The van der Waals surface area contributed by atoms with E-state index in [-0.39, 0.29) is 6.03 Å². The molecule has 100 valence electrons. The fraction of sp³-hybridized carbons (Fsp3) is 0.308. The van der Waals surface area contributed by atoms with Gasteiger partial charge in [-0.2, -0.15) is 0 Å². The van der Waals surface area contributed by atoms with E-state index in [4.69, 9.17) is 0 Å². The summed E-state index contributed by atoms with van der Waals surface area (Å²) in [6, 6.07) is 5.49. The number of rotatable bonds is 3. The summed E-state index contributed by atoms with van der Waals surface area (Å²) < 4.78 is 0. The van der Waals surface area contributed by atoms with Crippen molar-refractivity contribution in [3.8, 4) is 0 Å². The summed E-state index contributed by atoms with van der Waals surface area (Å²) in [6.45, 7) is 6.04. The number of aromatic nitrogens is 2. The zero-order chi connectivity index (χ0) is 13.8. The number of carbonyl (C=O) groups excluding carboxylic acids is 1. The number of anilines is 2. The topological polar surface area (TPSA) is 66.9 Å². The lowest BCUT2D eigenvalue weighted by Gasteiger charge is -2.07. The fourth-order valence-corrected chi connectivity index (χ4v) is 2.20. The second-order valence-corrected chi connectivity index (χ2v) is 5.29. The minimum atomic E-state index is -0.304. The van der Waals surface area contributed by atoms with Crippen LogP contribution in [-0.4, -0.2) is 16.2 Å². The predicted octanol–water partition coefficient (Wildman–Crippen LogP) is 3.36. The molecule has 0 spiro atoms. The maximum atomic E-state index is 11.8. The van der Waals surface area contributed by atoms with Crippen molar-refractivity contribution in [1.29, 1.82) is 0 Å². The molecule has 0 saturated heterocycles. The largest absolute Gasteiger partial charge is 0.325 e. The number of nitrogens with zero attached hydrogens (tertiary/aromatic N) is 2. The fourth-order valence-electron chi connectivity index (χ4n) is 1.53. The molecule has 1 heterocycles. The average Bonchev–Trinajstić information content (AvgIpc) is 2.81. The summed E-state index contributed by atoms with van der Waals surface area (Å²) in [5.74, 6) is 0. The minimum absolute atomic E-state index is 0.304. The van der Waals surface area contributed by atoms with E-state index in [0.717, 1.165) is 22.7 Å². The zero-order valence-electron chi connectivity index (χ0n) is 11.2. The number of nitrogens with one attached hydrogen (secondary N) is 2. The van der Waals surface area contributed by atoms with Crippen molar-refractivity contribution in [3.63, 3.8) is 0 Å². The van der Waals surface area contributed by atoms with E-state index in [1.165, 1.54) is 16.9 Å². The van der Waals surface area contributed by atoms with Crippen LogP contribution in [0, 0.1) is 13.8 Å². The minimum Gasteiger partial charge on any atom is -0.308 e. The van der Waals surface area contributed by atoms with Gasteiger partial charge in [0.1, 0.15) is 5.01 Å². The average molecular weight is 276 g/mol. The Hall–Kier alpha value is -1.95. The lowest BCUT2D eigenvalue weighted by atomic mass is 10.1. The third-order valence-corrected chi connectivity index (χ3v) is 3.74. The van der Waals surface area contributed by atoms with Crippen molar-refractivity contribution >= 4 is 28.2 Å². The molecule has 0 bridgehead atoms. The summed E-state index contributed by atoms with van der Waals surface area (Å²) in [7, 11) is 0. The lowest BCUT2D eigenvalue weighted by molar-refractivity contribution is 0.262. The Labute approximate surface area is 116 Å². The molecule has 0 fully saturated rings. The van der Waals surface area contributed by atoms with Crippen LogP contribution in [0.5, 0.6) is 0 Å². The van der Waals surface area contributed by atoms with Crippen LogP contribution in [0.15, 0.2) is 18.2 Å². The molecule has 0 saturated carbocycles.